The van der Waals surface area contributed by atoms with Crippen LogP contribution in [0.4, 0.5) is 0 Å². The van der Waals surface area contributed by atoms with Crippen LogP contribution in [0.1, 0.15) is 27.2 Å². The molecule has 0 aliphatic carbocycles. The molecule has 0 bridgehead atoms. The van der Waals surface area contributed by atoms with Crippen molar-refractivity contribution >= 4 is 15.9 Å². The van der Waals surface area contributed by atoms with Crippen molar-refractivity contribution in [3.63, 3.8) is 0 Å². The number of carbonyl (C=O) groups is 1. The Hall–Kier alpha value is -2.39. The maximum Gasteiger partial charge on any atom is 0.260 e. The molecule has 0 aliphatic rings. The summed E-state index contributed by atoms with van der Waals surface area (Å²) in [7, 11) is -3.59. The van der Waals surface area contributed by atoms with Crippen molar-refractivity contribution in [1.82, 2.24) is 19.6 Å². The fraction of sp³-hybridized carbons (Fsp3) is 0.444. The zero-order chi connectivity index (χ0) is 19.9. The third-order valence-electron chi connectivity index (χ3n) is 3.69. The number of ether oxygens (including phenoxy) is 1. The molecule has 1 aromatic heterocycles. The molecule has 1 aromatic carbocycles. The topological polar surface area (TPSA) is 102 Å². The Balaban J connectivity index is 1.86. The second-order valence-corrected chi connectivity index (χ2v) is 8.21. The van der Waals surface area contributed by atoms with Gasteiger partial charge in [0.05, 0.1) is 11.2 Å². The Morgan fingerprint density at radius 3 is 2.52 bits per heavy atom. The highest BCUT2D eigenvalue weighted by atomic mass is 32.2. The molecule has 0 spiro atoms. The molecule has 2 rings (SSSR count). The maximum atomic E-state index is 12.3. The monoisotopic (exact) mass is 394 g/mol. The smallest absolute Gasteiger partial charge is 0.260 e. The van der Waals surface area contributed by atoms with Gasteiger partial charge in [-0.05, 0) is 51.5 Å². The lowest BCUT2D eigenvalue weighted by Gasteiger charge is -2.16. The van der Waals surface area contributed by atoms with E-state index in [1.807, 2.05) is 24.6 Å². The molecule has 148 valence electrons. The predicted octanol–water partition coefficient (Wildman–Crippen LogP) is 1.54. The highest BCUT2D eigenvalue weighted by molar-refractivity contribution is 7.89. The van der Waals surface area contributed by atoms with Crippen LogP contribution < -0.4 is 14.8 Å². The Kier molecular flexibility index (Phi) is 7.37. The fourth-order valence-electron chi connectivity index (χ4n) is 2.33. The summed E-state index contributed by atoms with van der Waals surface area (Å²) in [6.45, 7) is 6.39. The third kappa shape index (κ3) is 6.69. The van der Waals surface area contributed by atoms with Gasteiger partial charge in [-0.3, -0.25) is 4.79 Å². The van der Waals surface area contributed by atoms with Gasteiger partial charge in [0.25, 0.3) is 5.91 Å². The molecule has 1 amide bonds. The van der Waals surface area contributed by atoms with Gasteiger partial charge in [0.1, 0.15) is 5.75 Å². The molecule has 0 saturated carbocycles. The number of nitrogens with one attached hydrogen (secondary N) is 2. The van der Waals surface area contributed by atoms with Crippen LogP contribution >= 0.6 is 0 Å². The first-order valence-corrected chi connectivity index (χ1v) is 10.3. The predicted molar refractivity (Wildman–Crippen MR) is 102 cm³/mol. The summed E-state index contributed by atoms with van der Waals surface area (Å²) in [6, 6.07) is 6.02. The molecule has 1 heterocycles. The van der Waals surface area contributed by atoms with Gasteiger partial charge in [-0.2, -0.15) is 0 Å². The van der Waals surface area contributed by atoms with Gasteiger partial charge >= 0.3 is 0 Å². The van der Waals surface area contributed by atoms with Gasteiger partial charge in [0.2, 0.25) is 10.0 Å². The number of aryl methyl sites for hydroxylation is 1. The van der Waals surface area contributed by atoms with Gasteiger partial charge in [-0.25, -0.2) is 18.1 Å². The van der Waals surface area contributed by atoms with Crippen LogP contribution in [0.25, 0.3) is 0 Å². The van der Waals surface area contributed by atoms with Crippen molar-refractivity contribution in [1.29, 1.82) is 0 Å². The summed E-state index contributed by atoms with van der Waals surface area (Å²) in [5.41, 5.74) is 0. The molecule has 9 heteroatoms. The Labute approximate surface area is 160 Å². The van der Waals surface area contributed by atoms with E-state index in [9.17, 15) is 13.2 Å². The number of rotatable bonds is 10. The van der Waals surface area contributed by atoms with Crippen molar-refractivity contribution in [3.05, 3.63) is 43.0 Å². The summed E-state index contributed by atoms with van der Waals surface area (Å²) >= 11 is 0. The second-order valence-electron chi connectivity index (χ2n) is 6.45. The molecular formula is C18H26N4O4S. The van der Waals surface area contributed by atoms with E-state index in [-0.39, 0.29) is 16.8 Å². The molecule has 0 saturated heterocycles. The number of hydrogen-bond acceptors (Lipinski definition) is 5. The first-order chi connectivity index (χ1) is 12.8. The number of benzene rings is 1. The molecule has 2 aromatic rings. The van der Waals surface area contributed by atoms with E-state index in [0.717, 1.165) is 0 Å². The van der Waals surface area contributed by atoms with E-state index in [0.29, 0.717) is 25.3 Å². The van der Waals surface area contributed by atoms with E-state index >= 15 is 0 Å². The van der Waals surface area contributed by atoms with E-state index < -0.39 is 16.1 Å². The lowest BCUT2D eigenvalue weighted by molar-refractivity contribution is -0.127. The summed E-state index contributed by atoms with van der Waals surface area (Å²) in [5.74, 6) is 0.210. The number of aromatic nitrogens is 2. The van der Waals surface area contributed by atoms with E-state index in [2.05, 4.69) is 15.0 Å². The number of sulfonamides is 1. The molecule has 1 atom stereocenters. The average molecular weight is 394 g/mol. The number of imidazole rings is 1. The number of nitrogens with zero attached hydrogens (tertiary/aromatic N) is 2. The average Bonchev–Trinajstić information content (AvgIpc) is 3.12. The minimum absolute atomic E-state index is 0.0240. The Morgan fingerprint density at radius 1 is 1.22 bits per heavy atom. The van der Waals surface area contributed by atoms with Crippen LogP contribution in [0.3, 0.4) is 0 Å². The molecule has 0 fully saturated rings. The standard InChI is InChI=1S/C18H26N4O4S/c1-14(2)21-18(23)15(3)26-16-5-7-17(8-6-16)27(24,25)20-9-4-11-22-12-10-19-13-22/h5-8,10,12-15,20H,4,9,11H2,1-3H3,(H,21,23)/t15-/m0/s1. The maximum absolute atomic E-state index is 12.3. The normalized spacial score (nSPS) is 12.7. The fourth-order valence-corrected chi connectivity index (χ4v) is 3.40. The van der Waals surface area contributed by atoms with Gasteiger partial charge in [-0.15, -0.1) is 0 Å². The lowest BCUT2D eigenvalue weighted by atomic mass is 10.3. The number of amides is 1. The zero-order valence-corrected chi connectivity index (χ0v) is 16.6. The molecule has 27 heavy (non-hydrogen) atoms. The minimum Gasteiger partial charge on any atom is -0.481 e. The minimum atomic E-state index is -3.59. The van der Waals surface area contributed by atoms with Gasteiger partial charge in [0.15, 0.2) is 6.10 Å². The molecular weight excluding hydrogens is 368 g/mol. The van der Waals surface area contributed by atoms with Crippen LogP contribution in [-0.2, 0) is 21.4 Å². The Morgan fingerprint density at radius 2 is 1.93 bits per heavy atom. The van der Waals surface area contributed by atoms with Crippen LogP contribution in [-0.4, -0.2) is 42.6 Å². The summed E-state index contributed by atoms with van der Waals surface area (Å²) in [6.07, 6.45) is 5.18. The molecule has 2 N–H and O–H groups in total. The van der Waals surface area contributed by atoms with E-state index in [4.69, 9.17) is 4.74 Å². The summed E-state index contributed by atoms with van der Waals surface area (Å²) in [4.78, 5) is 16.0. The molecule has 8 nitrogen and oxygen atoms in total. The summed E-state index contributed by atoms with van der Waals surface area (Å²) in [5, 5.41) is 2.76. The van der Waals surface area contributed by atoms with E-state index in [1.165, 1.54) is 12.1 Å². The van der Waals surface area contributed by atoms with Crippen molar-refractivity contribution in [3.8, 4) is 5.75 Å². The quantitative estimate of drug-likeness (QED) is 0.595. The lowest BCUT2D eigenvalue weighted by Crippen LogP contribution is -2.40. The van der Waals surface area contributed by atoms with Crippen molar-refractivity contribution in [2.45, 2.75) is 50.8 Å². The number of carbonyl (C=O) groups excluding carboxylic acids is 1. The van der Waals surface area contributed by atoms with Gasteiger partial charge in [-0.1, -0.05) is 0 Å². The van der Waals surface area contributed by atoms with Gasteiger partial charge < -0.3 is 14.6 Å². The van der Waals surface area contributed by atoms with Crippen LogP contribution in [0.2, 0.25) is 0 Å². The first kappa shape index (κ1) is 20.9. The van der Waals surface area contributed by atoms with Crippen molar-refractivity contribution < 1.29 is 17.9 Å². The highest BCUT2D eigenvalue weighted by Gasteiger charge is 2.17. The third-order valence-corrected chi connectivity index (χ3v) is 5.17. The molecule has 0 unspecified atom stereocenters. The summed E-state index contributed by atoms with van der Waals surface area (Å²) < 4.78 is 34.6. The van der Waals surface area contributed by atoms with Crippen molar-refractivity contribution in [2.24, 2.45) is 0 Å². The zero-order valence-electron chi connectivity index (χ0n) is 15.8. The first-order valence-electron chi connectivity index (χ1n) is 8.80. The van der Waals surface area contributed by atoms with Crippen molar-refractivity contribution in [2.75, 3.05) is 6.54 Å². The van der Waals surface area contributed by atoms with Gasteiger partial charge in [0, 0.05) is 31.5 Å². The van der Waals surface area contributed by atoms with Crippen LogP contribution in [0.15, 0.2) is 47.9 Å². The highest BCUT2D eigenvalue weighted by Crippen LogP contribution is 2.17. The molecule has 0 radical (unpaired) electrons. The largest absolute Gasteiger partial charge is 0.481 e. The van der Waals surface area contributed by atoms with E-state index in [1.54, 1.807) is 31.6 Å². The van der Waals surface area contributed by atoms with Crippen LogP contribution in [0.5, 0.6) is 5.75 Å². The number of hydrogen-bond donors (Lipinski definition) is 2. The SMILES string of the molecule is CC(C)NC(=O)[C@H](C)Oc1ccc(S(=O)(=O)NCCCn2ccnc2)cc1. The second kappa shape index (κ2) is 9.52. The van der Waals surface area contributed by atoms with Crippen LogP contribution in [0, 0.1) is 0 Å². The molecule has 0 aliphatic heterocycles. The Bertz CT molecular complexity index is 818.